The van der Waals surface area contributed by atoms with Crippen LogP contribution in [0.1, 0.15) is 24.5 Å². The van der Waals surface area contributed by atoms with Crippen LogP contribution < -0.4 is 0 Å². The van der Waals surface area contributed by atoms with Crippen molar-refractivity contribution in [2.24, 2.45) is 5.92 Å². The normalized spacial score (nSPS) is 17.8. The summed E-state index contributed by atoms with van der Waals surface area (Å²) >= 11 is 0. The molecule has 1 aromatic rings. The van der Waals surface area contributed by atoms with Crippen LogP contribution in [0.25, 0.3) is 6.08 Å². The first-order valence-electron chi connectivity index (χ1n) is 5.80. The van der Waals surface area contributed by atoms with Gasteiger partial charge in [-0.25, -0.2) is 4.39 Å². The number of carbonyl (C=O) groups excluding carboxylic acids is 1. The lowest BCUT2D eigenvalue weighted by Crippen LogP contribution is -2.48. The number of hydrogen-bond acceptors (Lipinski definition) is 3. The minimum Gasteiger partial charge on any atom is -0.358 e. The lowest BCUT2D eigenvalue weighted by atomic mass is 9.99. The largest absolute Gasteiger partial charge is 0.358 e. The van der Waals surface area contributed by atoms with Gasteiger partial charge in [0.2, 0.25) is 5.91 Å². The third-order valence-corrected chi connectivity index (χ3v) is 2.87. The van der Waals surface area contributed by atoms with Crippen molar-refractivity contribution < 1.29 is 13.7 Å². The maximum Gasteiger partial charge on any atom is 0.245 e. The van der Waals surface area contributed by atoms with E-state index in [0.717, 1.165) is 0 Å². The first-order valence-corrected chi connectivity index (χ1v) is 5.80. The number of likely N-dealkylation sites (tertiary alicyclic amines) is 1. The monoisotopic (exact) mass is 250 g/mol. The molecular weight excluding hydrogens is 235 g/mol. The van der Waals surface area contributed by atoms with E-state index in [4.69, 9.17) is 4.52 Å². The molecule has 1 atom stereocenters. The summed E-state index contributed by atoms with van der Waals surface area (Å²) < 4.78 is 17.7. The molecule has 18 heavy (non-hydrogen) atoms. The van der Waals surface area contributed by atoms with Crippen LogP contribution >= 0.6 is 0 Å². The van der Waals surface area contributed by atoms with Gasteiger partial charge in [0.1, 0.15) is 5.69 Å². The highest BCUT2D eigenvalue weighted by Gasteiger charge is 2.26. The van der Waals surface area contributed by atoms with Crippen molar-refractivity contribution in [2.45, 2.75) is 13.1 Å². The quantitative estimate of drug-likeness (QED) is 0.771. The van der Waals surface area contributed by atoms with E-state index in [1.807, 2.05) is 6.08 Å². The molecule has 1 aromatic heterocycles. The summed E-state index contributed by atoms with van der Waals surface area (Å²) in [6.07, 6.45) is 3.91. The maximum absolute atomic E-state index is 12.9. The van der Waals surface area contributed by atoms with Crippen molar-refractivity contribution in [1.82, 2.24) is 10.1 Å². The third-order valence-electron chi connectivity index (χ3n) is 2.87. The second-order valence-corrected chi connectivity index (χ2v) is 4.34. The zero-order chi connectivity index (χ0) is 13.1. The molecule has 2 heterocycles. The number of rotatable bonds is 4. The Morgan fingerprint density at radius 2 is 2.44 bits per heavy atom. The molecule has 1 aliphatic heterocycles. The molecule has 0 bridgehead atoms. The number of halogens is 1. The molecule has 0 radical (unpaired) electrons. The van der Waals surface area contributed by atoms with Crippen LogP contribution in [-0.2, 0) is 4.79 Å². The molecule has 0 aromatic carbocycles. The number of hydrogen-bond donors (Lipinski definition) is 0. The molecule has 1 fully saturated rings. The molecule has 5 heteroatoms. The van der Waals surface area contributed by atoms with E-state index in [9.17, 15) is 9.18 Å². The van der Waals surface area contributed by atoms with E-state index in [0.29, 0.717) is 24.7 Å². The molecule has 0 saturated carbocycles. The lowest BCUT2D eigenvalue weighted by molar-refractivity contribution is -0.130. The SMILES string of the molecule is C=CC(=O)N1CC(/C=C/c2cc(C(C)F)on2)C1. The second-order valence-electron chi connectivity index (χ2n) is 4.34. The average Bonchev–Trinajstić information content (AvgIpc) is 2.75. The summed E-state index contributed by atoms with van der Waals surface area (Å²) in [5, 5.41) is 3.74. The van der Waals surface area contributed by atoms with Gasteiger partial charge in [0, 0.05) is 25.1 Å². The summed E-state index contributed by atoms with van der Waals surface area (Å²) in [6, 6.07) is 1.58. The van der Waals surface area contributed by atoms with Crippen LogP contribution in [0.2, 0.25) is 0 Å². The molecule has 1 unspecified atom stereocenters. The highest BCUT2D eigenvalue weighted by molar-refractivity contribution is 5.87. The average molecular weight is 250 g/mol. The van der Waals surface area contributed by atoms with E-state index in [-0.39, 0.29) is 11.7 Å². The highest BCUT2D eigenvalue weighted by atomic mass is 19.1. The van der Waals surface area contributed by atoms with Gasteiger partial charge in [-0.05, 0) is 19.1 Å². The van der Waals surface area contributed by atoms with Gasteiger partial charge in [0.25, 0.3) is 0 Å². The molecule has 1 aliphatic rings. The van der Waals surface area contributed by atoms with Gasteiger partial charge < -0.3 is 9.42 Å². The Morgan fingerprint density at radius 3 is 3.00 bits per heavy atom. The highest BCUT2D eigenvalue weighted by Crippen LogP contribution is 2.20. The summed E-state index contributed by atoms with van der Waals surface area (Å²) in [4.78, 5) is 12.9. The molecule has 4 nitrogen and oxygen atoms in total. The molecular formula is C13H15FN2O2. The van der Waals surface area contributed by atoms with Crippen LogP contribution in [0.15, 0.2) is 29.3 Å². The fraction of sp³-hybridized carbons (Fsp3) is 0.385. The Balaban J connectivity index is 1.85. The predicted molar refractivity (Wildman–Crippen MR) is 65.3 cm³/mol. The zero-order valence-corrected chi connectivity index (χ0v) is 10.2. The van der Waals surface area contributed by atoms with Gasteiger partial charge >= 0.3 is 0 Å². The minimum absolute atomic E-state index is 0.0466. The molecule has 0 spiro atoms. The Labute approximate surface area is 105 Å². The molecule has 0 aliphatic carbocycles. The maximum atomic E-state index is 12.9. The van der Waals surface area contributed by atoms with Crippen LogP contribution in [0.4, 0.5) is 4.39 Å². The van der Waals surface area contributed by atoms with E-state index in [1.54, 1.807) is 17.0 Å². The third kappa shape index (κ3) is 2.67. The van der Waals surface area contributed by atoms with E-state index in [1.165, 1.54) is 13.0 Å². The Hall–Kier alpha value is -1.91. The topological polar surface area (TPSA) is 46.3 Å². The van der Waals surface area contributed by atoms with Crippen molar-refractivity contribution in [2.75, 3.05) is 13.1 Å². The van der Waals surface area contributed by atoms with Gasteiger partial charge in [0.15, 0.2) is 11.9 Å². The van der Waals surface area contributed by atoms with Gasteiger partial charge in [-0.3, -0.25) is 4.79 Å². The van der Waals surface area contributed by atoms with Gasteiger partial charge in [-0.15, -0.1) is 0 Å². The van der Waals surface area contributed by atoms with Gasteiger partial charge in [0.05, 0.1) is 0 Å². The summed E-state index contributed by atoms with van der Waals surface area (Å²) in [6.45, 7) is 6.21. The second kappa shape index (κ2) is 5.16. The molecule has 96 valence electrons. The zero-order valence-electron chi connectivity index (χ0n) is 10.2. The van der Waals surface area contributed by atoms with Crippen molar-refractivity contribution in [1.29, 1.82) is 0 Å². The number of aromatic nitrogens is 1. The Kier molecular flexibility index (Phi) is 3.60. The van der Waals surface area contributed by atoms with E-state index >= 15 is 0 Å². The van der Waals surface area contributed by atoms with Crippen LogP contribution in [-0.4, -0.2) is 29.1 Å². The lowest BCUT2D eigenvalue weighted by Gasteiger charge is -2.36. The number of nitrogens with zero attached hydrogens (tertiary/aromatic N) is 2. The summed E-state index contributed by atoms with van der Waals surface area (Å²) in [7, 11) is 0. The van der Waals surface area contributed by atoms with Crippen molar-refractivity contribution in [3.05, 3.63) is 36.3 Å². The number of amides is 1. The fourth-order valence-electron chi connectivity index (χ4n) is 1.75. The van der Waals surface area contributed by atoms with E-state index < -0.39 is 6.17 Å². The first kappa shape index (κ1) is 12.5. The number of alkyl halides is 1. The molecule has 1 amide bonds. The van der Waals surface area contributed by atoms with Crippen LogP contribution in [0.3, 0.4) is 0 Å². The van der Waals surface area contributed by atoms with Gasteiger partial charge in [-0.1, -0.05) is 17.8 Å². The van der Waals surface area contributed by atoms with Crippen LogP contribution in [0, 0.1) is 5.92 Å². The van der Waals surface area contributed by atoms with Crippen molar-refractivity contribution in [3.8, 4) is 0 Å². The van der Waals surface area contributed by atoms with E-state index in [2.05, 4.69) is 11.7 Å². The fourth-order valence-corrected chi connectivity index (χ4v) is 1.75. The van der Waals surface area contributed by atoms with Crippen LogP contribution in [0.5, 0.6) is 0 Å². The Morgan fingerprint density at radius 1 is 1.72 bits per heavy atom. The molecule has 1 saturated heterocycles. The summed E-state index contributed by atoms with van der Waals surface area (Å²) in [5.41, 5.74) is 0.600. The smallest absolute Gasteiger partial charge is 0.245 e. The van der Waals surface area contributed by atoms with Crippen molar-refractivity contribution in [3.63, 3.8) is 0 Å². The standard InChI is InChI=1S/C13H15FN2O2/c1-3-13(17)16-7-10(8-16)4-5-11-6-12(9(2)14)18-15-11/h3-6,9-10H,1,7-8H2,2H3/b5-4+. The number of carbonyl (C=O) groups is 1. The van der Waals surface area contributed by atoms with Crippen molar-refractivity contribution >= 4 is 12.0 Å². The predicted octanol–water partition coefficient (Wildman–Crippen LogP) is 2.36. The molecule has 2 rings (SSSR count). The Bertz CT molecular complexity index is 473. The minimum atomic E-state index is -1.15. The summed E-state index contributed by atoms with van der Waals surface area (Å²) in [5.74, 6) is 0.498. The first-order chi connectivity index (χ1) is 8.60. The van der Waals surface area contributed by atoms with Gasteiger partial charge in [-0.2, -0.15) is 0 Å². The molecule has 0 N–H and O–H groups in total.